The first-order valence-electron chi connectivity index (χ1n) is 5.46. The van der Waals surface area contributed by atoms with E-state index in [1.807, 2.05) is 6.07 Å². The van der Waals surface area contributed by atoms with Gasteiger partial charge in [-0.1, -0.05) is 6.07 Å². The second-order valence-electron chi connectivity index (χ2n) is 3.55. The van der Waals surface area contributed by atoms with Crippen LogP contribution in [0, 0.1) is 0 Å². The molecule has 17 heavy (non-hydrogen) atoms. The molecule has 1 rings (SSSR count). The lowest BCUT2D eigenvalue weighted by molar-refractivity contribution is -0.143. The van der Waals surface area contributed by atoms with E-state index in [9.17, 15) is 9.59 Å². The van der Waals surface area contributed by atoms with Crippen molar-refractivity contribution in [2.45, 2.75) is 26.3 Å². The van der Waals surface area contributed by atoms with Crippen molar-refractivity contribution >= 4 is 11.9 Å². The third-order valence-corrected chi connectivity index (χ3v) is 2.14. The summed E-state index contributed by atoms with van der Waals surface area (Å²) in [4.78, 5) is 26.5. The van der Waals surface area contributed by atoms with Crippen LogP contribution in [0.4, 0.5) is 0 Å². The fourth-order valence-electron chi connectivity index (χ4n) is 1.47. The molecule has 0 saturated carbocycles. The molecule has 0 fully saturated rings. The molecule has 1 aromatic heterocycles. The van der Waals surface area contributed by atoms with Crippen LogP contribution in [0.15, 0.2) is 24.5 Å². The van der Waals surface area contributed by atoms with E-state index in [0.29, 0.717) is 6.61 Å². The quantitative estimate of drug-likeness (QED) is 0.780. The summed E-state index contributed by atoms with van der Waals surface area (Å²) in [6, 6.07) is 3.18. The summed E-state index contributed by atoms with van der Waals surface area (Å²) in [7, 11) is 0. The lowest BCUT2D eigenvalue weighted by Crippen LogP contribution is -2.28. The molecule has 0 radical (unpaired) electrons. The van der Waals surface area contributed by atoms with E-state index in [1.165, 1.54) is 6.92 Å². The summed E-state index contributed by atoms with van der Waals surface area (Å²) in [5, 5.41) is 2.71. The van der Waals surface area contributed by atoms with Gasteiger partial charge in [-0.3, -0.25) is 14.6 Å². The molecule has 0 bridgehead atoms. The van der Waals surface area contributed by atoms with Crippen molar-refractivity contribution in [3.63, 3.8) is 0 Å². The first-order chi connectivity index (χ1) is 8.13. The van der Waals surface area contributed by atoms with Gasteiger partial charge in [-0.2, -0.15) is 0 Å². The SMILES string of the molecule is CCOC(=O)C[C@H](NC(C)=O)c1cccnc1. The van der Waals surface area contributed by atoms with Crippen molar-refractivity contribution < 1.29 is 14.3 Å². The molecule has 0 aliphatic carbocycles. The Morgan fingerprint density at radius 1 is 1.53 bits per heavy atom. The minimum absolute atomic E-state index is 0.110. The highest BCUT2D eigenvalue weighted by Gasteiger charge is 2.17. The van der Waals surface area contributed by atoms with E-state index >= 15 is 0 Å². The van der Waals surface area contributed by atoms with Gasteiger partial charge in [0.1, 0.15) is 0 Å². The normalized spacial score (nSPS) is 11.6. The molecule has 0 aliphatic heterocycles. The van der Waals surface area contributed by atoms with E-state index in [2.05, 4.69) is 10.3 Å². The van der Waals surface area contributed by atoms with E-state index in [0.717, 1.165) is 5.56 Å². The van der Waals surface area contributed by atoms with Crippen LogP contribution in [-0.2, 0) is 14.3 Å². The minimum atomic E-state index is -0.389. The molecular formula is C12H16N2O3. The van der Waals surface area contributed by atoms with Crippen LogP contribution in [0.1, 0.15) is 31.9 Å². The fraction of sp³-hybridized carbons (Fsp3) is 0.417. The largest absolute Gasteiger partial charge is 0.466 e. The van der Waals surface area contributed by atoms with Crippen molar-refractivity contribution in [2.24, 2.45) is 0 Å². The predicted octanol–water partition coefficient (Wildman–Crippen LogP) is 1.21. The summed E-state index contributed by atoms with van der Waals surface area (Å²) >= 11 is 0. The standard InChI is InChI=1S/C12H16N2O3/c1-3-17-12(16)7-11(14-9(2)15)10-5-4-6-13-8-10/h4-6,8,11H,3,7H2,1-2H3,(H,14,15)/t11-/m0/s1. The summed E-state index contributed by atoms with van der Waals surface area (Å²) in [6.45, 7) is 3.49. The van der Waals surface area contributed by atoms with Crippen LogP contribution >= 0.6 is 0 Å². The lowest BCUT2D eigenvalue weighted by atomic mass is 10.1. The van der Waals surface area contributed by atoms with E-state index in [1.54, 1.807) is 25.4 Å². The van der Waals surface area contributed by atoms with Gasteiger partial charge in [0.15, 0.2) is 0 Å². The number of amides is 1. The molecule has 1 amide bonds. The number of carbonyl (C=O) groups is 2. The topological polar surface area (TPSA) is 68.3 Å². The second kappa shape index (κ2) is 6.62. The Morgan fingerprint density at radius 3 is 2.82 bits per heavy atom. The fourth-order valence-corrected chi connectivity index (χ4v) is 1.47. The van der Waals surface area contributed by atoms with Crippen molar-refractivity contribution in [3.05, 3.63) is 30.1 Å². The highest BCUT2D eigenvalue weighted by atomic mass is 16.5. The Morgan fingerprint density at radius 2 is 2.29 bits per heavy atom. The Labute approximate surface area is 100 Å². The second-order valence-corrected chi connectivity index (χ2v) is 3.55. The number of carbonyl (C=O) groups excluding carboxylic acids is 2. The number of ether oxygens (including phenoxy) is 1. The van der Waals surface area contributed by atoms with Crippen LogP contribution < -0.4 is 5.32 Å². The molecule has 1 aromatic rings. The molecule has 0 aliphatic rings. The molecule has 0 saturated heterocycles. The number of nitrogens with one attached hydrogen (secondary N) is 1. The maximum absolute atomic E-state index is 11.4. The zero-order valence-electron chi connectivity index (χ0n) is 9.97. The summed E-state index contributed by atoms with van der Waals surface area (Å²) < 4.78 is 4.86. The van der Waals surface area contributed by atoms with Gasteiger partial charge in [-0.25, -0.2) is 0 Å². The van der Waals surface area contributed by atoms with Gasteiger partial charge in [0, 0.05) is 19.3 Å². The molecule has 1 atom stereocenters. The molecule has 0 spiro atoms. The van der Waals surface area contributed by atoms with Crippen LogP contribution in [-0.4, -0.2) is 23.5 Å². The van der Waals surface area contributed by atoms with E-state index < -0.39 is 0 Å². The zero-order chi connectivity index (χ0) is 12.7. The molecule has 1 N–H and O–H groups in total. The first kappa shape index (κ1) is 13.2. The molecule has 1 heterocycles. The van der Waals surface area contributed by atoms with Crippen LogP contribution in [0.25, 0.3) is 0 Å². The molecule has 5 heteroatoms. The first-order valence-corrected chi connectivity index (χ1v) is 5.46. The Balaban J connectivity index is 2.74. The van der Waals surface area contributed by atoms with Gasteiger partial charge in [0.05, 0.1) is 19.1 Å². The number of aromatic nitrogens is 1. The predicted molar refractivity (Wildman–Crippen MR) is 62.0 cm³/mol. The highest BCUT2D eigenvalue weighted by molar-refractivity contribution is 5.75. The zero-order valence-corrected chi connectivity index (χ0v) is 9.97. The van der Waals surface area contributed by atoms with Crippen LogP contribution in [0.5, 0.6) is 0 Å². The van der Waals surface area contributed by atoms with Crippen LogP contribution in [0.3, 0.4) is 0 Å². The number of rotatable bonds is 5. The average molecular weight is 236 g/mol. The van der Waals surface area contributed by atoms with Crippen molar-refractivity contribution in [3.8, 4) is 0 Å². The van der Waals surface area contributed by atoms with E-state index in [-0.39, 0.29) is 24.3 Å². The van der Waals surface area contributed by atoms with Gasteiger partial charge < -0.3 is 10.1 Å². The van der Waals surface area contributed by atoms with E-state index in [4.69, 9.17) is 4.74 Å². The monoisotopic (exact) mass is 236 g/mol. The van der Waals surface area contributed by atoms with Crippen LogP contribution in [0.2, 0.25) is 0 Å². The maximum atomic E-state index is 11.4. The Hall–Kier alpha value is -1.91. The van der Waals surface area contributed by atoms with Crippen molar-refractivity contribution in [1.29, 1.82) is 0 Å². The molecular weight excluding hydrogens is 220 g/mol. The van der Waals surface area contributed by atoms with Gasteiger partial charge >= 0.3 is 5.97 Å². The van der Waals surface area contributed by atoms with Crippen molar-refractivity contribution in [1.82, 2.24) is 10.3 Å². The number of hydrogen-bond acceptors (Lipinski definition) is 4. The molecule has 0 unspecified atom stereocenters. The lowest BCUT2D eigenvalue weighted by Gasteiger charge is -2.16. The Bertz CT molecular complexity index is 379. The number of hydrogen-bond donors (Lipinski definition) is 1. The van der Waals surface area contributed by atoms with Crippen molar-refractivity contribution in [2.75, 3.05) is 6.61 Å². The molecule has 92 valence electrons. The summed E-state index contributed by atoms with van der Waals surface area (Å²) in [6.07, 6.45) is 3.37. The minimum Gasteiger partial charge on any atom is -0.466 e. The number of pyridine rings is 1. The smallest absolute Gasteiger partial charge is 0.308 e. The highest BCUT2D eigenvalue weighted by Crippen LogP contribution is 2.16. The van der Waals surface area contributed by atoms with Gasteiger partial charge in [-0.15, -0.1) is 0 Å². The molecule has 0 aromatic carbocycles. The van der Waals surface area contributed by atoms with Gasteiger partial charge in [0.2, 0.25) is 5.91 Å². The number of nitrogens with zero attached hydrogens (tertiary/aromatic N) is 1. The third kappa shape index (κ3) is 4.63. The average Bonchev–Trinajstić information content (AvgIpc) is 2.29. The Kier molecular flexibility index (Phi) is 5.13. The van der Waals surface area contributed by atoms with Gasteiger partial charge in [0.25, 0.3) is 0 Å². The molecule has 5 nitrogen and oxygen atoms in total. The third-order valence-electron chi connectivity index (χ3n) is 2.14. The summed E-state index contributed by atoms with van der Waals surface area (Å²) in [5.41, 5.74) is 0.788. The number of esters is 1. The van der Waals surface area contributed by atoms with Gasteiger partial charge in [-0.05, 0) is 18.6 Å². The maximum Gasteiger partial charge on any atom is 0.308 e. The summed E-state index contributed by atoms with van der Waals surface area (Å²) in [5.74, 6) is -0.529.